The molecule has 3 aromatic rings. The standard InChI is InChI=1S/C15H17ClN6O2/c1-21-14(4-6-17-21)22-13(3-2-11-8-12(16)20-24-11)18-15(19-22)10-5-7-23-9-10/h4,6,8,10H,2-3,5,7,9H2,1H3. The first-order chi connectivity index (χ1) is 11.7. The van der Waals surface area contributed by atoms with Gasteiger partial charge in [-0.05, 0) is 6.42 Å². The van der Waals surface area contributed by atoms with Gasteiger partial charge in [0.2, 0.25) is 0 Å². The van der Waals surface area contributed by atoms with Crippen LogP contribution in [0, 0.1) is 0 Å². The molecule has 0 aliphatic carbocycles. The van der Waals surface area contributed by atoms with Gasteiger partial charge < -0.3 is 9.26 Å². The zero-order chi connectivity index (χ0) is 16.5. The third kappa shape index (κ3) is 2.94. The van der Waals surface area contributed by atoms with Crippen LogP contribution in [0.5, 0.6) is 0 Å². The Kier molecular flexibility index (Phi) is 4.07. The van der Waals surface area contributed by atoms with Crippen LogP contribution in [0.4, 0.5) is 0 Å². The molecule has 0 amide bonds. The number of aromatic nitrogens is 6. The fourth-order valence-electron chi connectivity index (χ4n) is 2.83. The summed E-state index contributed by atoms with van der Waals surface area (Å²) in [7, 11) is 1.88. The van der Waals surface area contributed by atoms with Crippen LogP contribution in [0.15, 0.2) is 22.9 Å². The monoisotopic (exact) mass is 348 g/mol. The van der Waals surface area contributed by atoms with E-state index in [0.717, 1.165) is 36.3 Å². The van der Waals surface area contributed by atoms with Gasteiger partial charge in [0.25, 0.3) is 0 Å². The van der Waals surface area contributed by atoms with E-state index in [1.54, 1.807) is 16.9 Å². The first kappa shape index (κ1) is 15.3. The van der Waals surface area contributed by atoms with Crippen molar-refractivity contribution < 1.29 is 9.26 Å². The van der Waals surface area contributed by atoms with E-state index in [4.69, 9.17) is 30.9 Å². The van der Waals surface area contributed by atoms with Crippen molar-refractivity contribution in [2.24, 2.45) is 7.05 Å². The predicted octanol–water partition coefficient (Wildman–Crippen LogP) is 1.93. The molecule has 1 saturated heterocycles. The topological polar surface area (TPSA) is 83.8 Å². The van der Waals surface area contributed by atoms with E-state index in [9.17, 15) is 0 Å². The predicted molar refractivity (Wildman–Crippen MR) is 85.2 cm³/mol. The molecular formula is C15H17ClN6O2. The van der Waals surface area contributed by atoms with Gasteiger partial charge in [0.05, 0.1) is 12.8 Å². The maximum absolute atomic E-state index is 5.80. The minimum Gasteiger partial charge on any atom is -0.381 e. The molecule has 1 aliphatic rings. The molecule has 8 nitrogen and oxygen atoms in total. The first-order valence-corrected chi connectivity index (χ1v) is 8.21. The van der Waals surface area contributed by atoms with Gasteiger partial charge in [-0.2, -0.15) is 9.78 Å². The molecule has 0 N–H and O–H groups in total. The molecule has 0 bridgehead atoms. The molecule has 0 spiro atoms. The molecule has 1 atom stereocenters. The summed E-state index contributed by atoms with van der Waals surface area (Å²) in [6, 6.07) is 3.64. The molecule has 0 radical (unpaired) electrons. The maximum Gasteiger partial charge on any atom is 0.172 e. The Morgan fingerprint density at radius 2 is 2.29 bits per heavy atom. The van der Waals surface area contributed by atoms with E-state index in [-0.39, 0.29) is 5.92 Å². The second kappa shape index (κ2) is 6.37. The van der Waals surface area contributed by atoms with Crippen molar-refractivity contribution in [2.75, 3.05) is 13.2 Å². The van der Waals surface area contributed by atoms with Crippen LogP contribution in [-0.4, -0.2) is 42.9 Å². The highest BCUT2D eigenvalue weighted by atomic mass is 35.5. The van der Waals surface area contributed by atoms with Gasteiger partial charge in [0.1, 0.15) is 11.6 Å². The van der Waals surface area contributed by atoms with Gasteiger partial charge in [-0.25, -0.2) is 4.98 Å². The lowest BCUT2D eigenvalue weighted by Gasteiger charge is -2.05. The number of hydrogen-bond donors (Lipinski definition) is 0. The molecule has 1 fully saturated rings. The summed E-state index contributed by atoms with van der Waals surface area (Å²) in [6.45, 7) is 1.43. The van der Waals surface area contributed by atoms with E-state index in [2.05, 4.69) is 10.3 Å². The number of hydrogen-bond acceptors (Lipinski definition) is 6. The largest absolute Gasteiger partial charge is 0.381 e. The van der Waals surface area contributed by atoms with Crippen molar-refractivity contribution in [1.82, 2.24) is 29.7 Å². The average molecular weight is 349 g/mol. The Balaban J connectivity index is 1.63. The lowest BCUT2D eigenvalue weighted by atomic mass is 10.1. The van der Waals surface area contributed by atoms with Gasteiger partial charge in [-0.1, -0.05) is 16.8 Å². The number of ether oxygens (including phenoxy) is 1. The molecule has 24 heavy (non-hydrogen) atoms. The second-order valence-corrected chi connectivity index (χ2v) is 6.17. The molecule has 126 valence electrons. The molecule has 9 heteroatoms. The van der Waals surface area contributed by atoms with Crippen LogP contribution < -0.4 is 0 Å². The van der Waals surface area contributed by atoms with Gasteiger partial charge >= 0.3 is 0 Å². The van der Waals surface area contributed by atoms with Gasteiger partial charge in [-0.15, -0.1) is 5.10 Å². The lowest BCUT2D eigenvalue weighted by molar-refractivity contribution is 0.193. The third-order valence-electron chi connectivity index (χ3n) is 4.12. The van der Waals surface area contributed by atoms with Crippen molar-refractivity contribution in [1.29, 1.82) is 0 Å². The zero-order valence-corrected chi connectivity index (χ0v) is 14.0. The van der Waals surface area contributed by atoms with E-state index < -0.39 is 0 Å². The van der Waals surface area contributed by atoms with E-state index in [0.29, 0.717) is 24.6 Å². The van der Waals surface area contributed by atoms with Gasteiger partial charge in [0.15, 0.2) is 16.8 Å². The number of rotatable bonds is 5. The van der Waals surface area contributed by atoms with Crippen LogP contribution in [0.25, 0.3) is 5.82 Å². The third-order valence-corrected chi connectivity index (χ3v) is 4.30. The van der Waals surface area contributed by atoms with Crippen LogP contribution in [0.3, 0.4) is 0 Å². The SMILES string of the molecule is Cn1nccc1-n1nc(C2CCOC2)nc1CCc1cc(Cl)no1. The molecule has 3 aromatic heterocycles. The lowest BCUT2D eigenvalue weighted by Crippen LogP contribution is -2.09. The summed E-state index contributed by atoms with van der Waals surface area (Å²) < 4.78 is 14.3. The summed E-state index contributed by atoms with van der Waals surface area (Å²) in [5, 5.41) is 13.0. The van der Waals surface area contributed by atoms with E-state index in [1.165, 1.54) is 0 Å². The Hall–Kier alpha value is -2.19. The fourth-order valence-corrected chi connectivity index (χ4v) is 2.99. The van der Waals surface area contributed by atoms with E-state index >= 15 is 0 Å². The quantitative estimate of drug-likeness (QED) is 0.700. The van der Waals surface area contributed by atoms with Crippen molar-refractivity contribution in [2.45, 2.75) is 25.2 Å². The molecule has 1 aliphatic heterocycles. The van der Waals surface area contributed by atoms with Crippen LogP contribution >= 0.6 is 11.6 Å². The van der Waals surface area contributed by atoms with Crippen molar-refractivity contribution >= 4 is 11.6 Å². The Morgan fingerprint density at radius 3 is 2.96 bits per heavy atom. The number of aryl methyl sites for hydroxylation is 3. The fraction of sp³-hybridized carbons (Fsp3) is 0.467. The zero-order valence-electron chi connectivity index (χ0n) is 13.2. The molecule has 4 heterocycles. The summed E-state index contributed by atoms with van der Waals surface area (Å²) in [5.74, 6) is 3.52. The van der Waals surface area contributed by atoms with Gasteiger partial charge in [-0.3, -0.25) is 4.68 Å². The van der Waals surface area contributed by atoms with Crippen molar-refractivity contribution in [3.05, 3.63) is 40.9 Å². The number of halogens is 1. The smallest absolute Gasteiger partial charge is 0.172 e. The number of nitrogens with zero attached hydrogens (tertiary/aromatic N) is 6. The molecule has 4 rings (SSSR count). The summed E-state index contributed by atoms with van der Waals surface area (Å²) >= 11 is 5.80. The second-order valence-electron chi connectivity index (χ2n) is 5.79. The minimum atomic E-state index is 0.248. The Morgan fingerprint density at radius 1 is 1.38 bits per heavy atom. The minimum absolute atomic E-state index is 0.248. The molecule has 0 saturated carbocycles. The summed E-state index contributed by atoms with van der Waals surface area (Å²) in [6.07, 6.45) is 4.01. The highest BCUT2D eigenvalue weighted by Crippen LogP contribution is 2.24. The molecule has 1 unspecified atom stereocenters. The first-order valence-electron chi connectivity index (χ1n) is 7.84. The Labute approximate surface area is 143 Å². The van der Waals surface area contributed by atoms with Crippen LogP contribution in [0.2, 0.25) is 5.15 Å². The average Bonchev–Trinajstić information content (AvgIpc) is 3.32. The van der Waals surface area contributed by atoms with Crippen molar-refractivity contribution in [3.63, 3.8) is 0 Å². The normalized spacial score (nSPS) is 17.7. The highest BCUT2D eigenvalue weighted by molar-refractivity contribution is 6.29. The molecule has 0 aromatic carbocycles. The summed E-state index contributed by atoms with van der Waals surface area (Å²) in [4.78, 5) is 4.75. The van der Waals surface area contributed by atoms with E-state index in [1.807, 2.05) is 17.8 Å². The molecular weight excluding hydrogens is 332 g/mol. The Bertz CT molecular complexity index is 833. The van der Waals surface area contributed by atoms with Crippen LogP contribution in [-0.2, 0) is 24.6 Å². The summed E-state index contributed by atoms with van der Waals surface area (Å²) in [5.41, 5.74) is 0. The van der Waals surface area contributed by atoms with Gasteiger partial charge in [0, 0.05) is 44.5 Å². The van der Waals surface area contributed by atoms with Crippen molar-refractivity contribution in [3.8, 4) is 5.82 Å². The highest BCUT2D eigenvalue weighted by Gasteiger charge is 2.24. The van der Waals surface area contributed by atoms with Crippen LogP contribution in [0.1, 0.15) is 29.7 Å². The maximum atomic E-state index is 5.80.